The van der Waals surface area contributed by atoms with Crippen LogP contribution in [-0.2, 0) is 21.4 Å². The van der Waals surface area contributed by atoms with Gasteiger partial charge in [0, 0.05) is 12.1 Å². The molecule has 0 spiro atoms. The molecular weight excluding hydrogens is 568 g/mol. The Labute approximate surface area is 250 Å². The van der Waals surface area contributed by atoms with Gasteiger partial charge in [0.1, 0.15) is 18.9 Å². The molecule has 0 aliphatic rings. The molecule has 222 valence electrons. The summed E-state index contributed by atoms with van der Waals surface area (Å²) in [4.78, 5) is 23.3. The second-order valence-corrected chi connectivity index (χ2v) is 12.0. The number of ether oxygens (including phenoxy) is 1. The monoisotopic (exact) mass is 600 g/mol. The minimum Gasteiger partial charge on any atom is -0.489 e. The van der Waals surface area contributed by atoms with Gasteiger partial charge in [-0.15, -0.1) is 0 Å². The van der Waals surface area contributed by atoms with Crippen molar-refractivity contribution in [2.45, 2.75) is 38.2 Å². The molecular formula is C32H32N4O6S. The highest BCUT2D eigenvalue weighted by Crippen LogP contribution is 2.26. The summed E-state index contributed by atoms with van der Waals surface area (Å²) in [5.41, 5.74) is 6.23. The van der Waals surface area contributed by atoms with Gasteiger partial charge in [0.25, 0.3) is 21.6 Å². The molecule has 10 nitrogen and oxygen atoms in total. The predicted octanol–water partition coefficient (Wildman–Crippen LogP) is 5.95. The van der Waals surface area contributed by atoms with E-state index in [-0.39, 0.29) is 23.1 Å². The Morgan fingerprint density at radius 3 is 2.16 bits per heavy atom. The number of carbonyl (C=O) groups is 1. The topological polar surface area (TPSA) is 131 Å². The highest BCUT2D eigenvalue weighted by Gasteiger charge is 2.27. The van der Waals surface area contributed by atoms with Crippen molar-refractivity contribution in [1.82, 2.24) is 5.43 Å². The van der Waals surface area contributed by atoms with Crippen LogP contribution in [0.25, 0.3) is 0 Å². The number of non-ortho nitro benzene ring substituents is 1. The van der Waals surface area contributed by atoms with Gasteiger partial charge in [0.15, 0.2) is 0 Å². The molecule has 4 aromatic carbocycles. The maximum Gasteiger partial charge on any atom is 0.269 e. The number of hydrogen-bond acceptors (Lipinski definition) is 7. The molecule has 0 atom stereocenters. The number of amides is 1. The number of nitro groups is 1. The van der Waals surface area contributed by atoms with Crippen molar-refractivity contribution in [1.29, 1.82) is 0 Å². The van der Waals surface area contributed by atoms with E-state index >= 15 is 0 Å². The molecule has 1 amide bonds. The van der Waals surface area contributed by atoms with E-state index in [1.165, 1.54) is 30.5 Å². The molecule has 0 unspecified atom stereocenters. The van der Waals surface area contributed by atoms with Crippen LogP contribution in [0.4, 0.5) is 11.4 Å². The lowest BCUT2D eigenvalue weighted by Gasteiger charge is -2.24. The van der Waals surface area contributed by atoms with Crippen LogP contribution in [0.5, 0.6) is 5.75 Å². The Morgan fingerprint density at radius 2 is 1.58 bits per heavy atom. The van der Waals surface area contributed by atoms with Crippen LogP contribution in [-0.4, -0.2) is 32.0 Å². The minimum absolute atomic E-state index is 0.0142. The van der Waals surface area contributed by atoms with Gasteiger partial charge in [-0.2, -0.15) is 5.10 Å². The van der Waals surface area contributed by atoms with E-state index < -0.39 is 27.4 Å². The van der Waals surface area contributed by atoms with Crippen LogP contribution in [0.1, 0.15) is 42.0 Å². The van der Waals surface area contributed by atoms with E-state index in [2.05, 4.69) is 10.5 Å². The average Bonchev–Trinajstić information content (AvgIpc) is 3.00. The lowest BCUT2D eigenvalue weighted by Crippen LogP contribution is -2.39. The van der Waals surface area contributed by atoms with Gasteiger partial charge in [-0.3, -0.25) is 19.2 Å². The second kappa shape index (κ2) is 13.8. The number of benzene rings is 4. The largest absolute Gasteiger partial charge is 0.489 e. The first-order valence-corrected chi connectivity index (χ1v) is 14.9. The summed E-state index contributed by atoms with van der Waals surface area (Å²) in [6.45, 7) is 5.73. The molecule has 4 rings (SSSR count). The van der Waals surface area contributed by atoms with Gasteiger partial charge >= 0.3 is 0 Å². The quantitative estimate of drug-likeness (QED) is 0.121. The molecule has 0 heterocycles. The zero-order valence-electron chi connectivity index (χ0n) is 24.0. The Bertz CT molecular complexity index is 1690. The van der Waals surface area contributed by atoms with E-state index in [1.54, 1.807) is 60.7 Å². The van der Waals surface area contributed by atoms with E-state index in [0.29, 0.717) is 17.0 Å². The van der Waals surface area contributed by atoms with Gasteiger partial charge in [-0.25, -0.2) is 13.8 Å². The SMILES string of the molecule is Cc1ccc(S(=O)(=O)N(CC(=O)N/N=C\c2ccc(OCc3ccc([N+](=O)[O-])cc3)cc2)c2ccc(C(C)C)cc2)cc1. The van der Waals surface area contributed by atoms with Gasteiger partial charge in [0.2, 0.25) is 0 Å². The number of hydrogen-bond donors (Lipinski definition) is 1. The van der Waals surface area contributed by atoms with E-state index in [9.17, 15) is 23.3 Å². The lowest BCUT2D eigenvalue weighted by atomic mass is 10.0. The fourth-order valence-corrected chi connectivity index (χ4v) is 5.47. The second-order valence-electron chi connectivity index (χ2n) is 10.1. The molecule has 0 aromatic heterocycles. The zero-order valence-corrected chi connectivity index (χ0v) is 24.8. The van der Waals surface area contributed by atoms with Crippen LogP contribution in [0.15, 0.2) is 107 Å². The maximum atomic E-state index is 13.6. The molecule has 0 fully saturated rings. The van der Waals surface area contributed by atoms with E-state index in [1.807, 2.05) is 32.9 Å². The molecule has 0 saturated heterocycles. The fraction of sp³-hybridized carbons (Fsp3) is 0.188. The van der Waals surface area contributed by atoms with Crippen LogP contribution in [0.2, 0.25) is 0 Å². The number of aryl methyl sites for hydroxylation is 1. The third-order valence-electron chi connectivity index (χ3n) is 6.58. The van der Waals surface area contributed by atoms with Crippen molar-refractivity contribution in [3.05, 3.63) is 129 Å². The minimum atomic E-state index is -4.04. The smallest absolute Gasteiger partial charge is 0.269 e. The molecule has 0 radical (unpaired) electrons. The molecule has 0 saturated carbocycles. The third-order valence-corrected chi connectivity index (χ3v) is 8.37. The summed E-state index contributed by atoms with van der Waals surface area (Å²) in [5.74, 6) is 0.243. The first kappa shape index (κ1) is 30.9. The third kappa shape index (κ3) is 8.26. The normalized spacial score (nSPS) is 11.4. The standard InChI is InChI=1S/C32H32N4O6S/c1-23(2)27-10-14-28(15-11-27)35(43(40,41)31-18-4-24(3)5-19-31)21-32(37)34-33-20-25-8-16-30(17-9-25)42-22-26-6-12-29(13-7-26)36(38)39/h4-20,23H,21-22H2,1-3H3,(H,34,37)/b33-20-. The van der Waals surface area contributed by atoms with Gasteiger partial charge in [-0.05, 0) is 90.2 Å². The number of nitro benzene ring substituents is 1. The molecule has 4 aromatic rings. The van der Waals surface area contributed by atoms with Crippen molar-refractivity contribution >= 4 is 33.5 Å². The average molecular weight is 601 g/mol. The summed E-state index contributed by atoms with van der Waals surface area (Å²) < 4.78 is 34.0. The molecule has 1 N–H and O–H groups in total. The lowest BCUT2D eigenvalue weighted by molar-refractivity contribution is -0.384. The van der Waals surface area contributed by atoms with Gasteiger partial charge in [-0.1, -0.05) is 43.7 Å². The van der Waals surface area contributed by atoms with Crippen LogP contribution in [0.3, 0.4) is 0 Å². The number of rotatable bonds is 12. The van der Waals surface area contributed by atoms with Crippen molar-refractivity contribution in [3.63, 3.8) is 0 Å². The van der Waals surface area contributed by atoms with Crippen molar-refractivity contribution in [3.8, 4) is 5.75 Å². The predicted molar refractivity (Wildman–Crippen MR) is 166 cm³/mol. The van der Waals surface area contributed by atoms with Gasteiger partial charge < -0.3 is 4.74 Å². The van der Waals surface area contributed by atoms with E-state index in [0.717, 1.165) is 21.0 Å². The summed E-state index contributed by atoms with van der Waals surface area (Å²) in [6.07, 6.45) is 1.44. The number of hydrazone groups is 1. The Morgan fingerprint density at radius 1 is 0.953 bits per heavy atom. The molecule has 43 heavy (non-hydrogen) atoms. The number of sulfonamides is 1. The van der Waals surface area contributed by atoms with Gasteiger partial charge in [0.05, 0.1) is 21.7 Å². The Kier molecular flexibility index (Phi) is 9.89. The molecule has 11 heteroatoms. The molecule has 0 bridgehead atoms. The van der Waals surface area contributed by atoms with Crippen LogP contribution >= 0.6 is 0 Å². The summed E-state index contributed by atoms with van der Waals surface area (Å²) in [6, 6.07) is 26.6. The summed E-state index contributed by atoms with van der Waals surface area (Å²) >= 11 is 0. The summed E-state index contributed by atoms with van der Waals surface area (Å²) in [7, 11) is -4.04. The maximum absolute atomic E-state index is 13.6. The van der Waals surface area contributed by atoms with Crippen molar-refractivity contribution in [2.75, 3.05) is 10.8 Å². The Balaban J connectivity index is 1.40. The highest BCUT2D eigenvalue weighted by molar-refractivity contribution is 7.92. The highest BCUT2D eigenvalue weighted by atomic mass is 32.2. The molecule has 0 aliphatic carbocycles. The van der Waals surface area contributed by atoms with Crippen LogP contribution < -0.4 is 14.5 Å². The number of anilines is 1. The number of nitrogens with zero attached hydrogens (tertiary/aromatic N) is 3. The Hall–Kier alpha value is -5.03. The van der Waals surface area contributed by atoms with E-state index in [4.69, 9.17) is 4.74 Å². The molecule has 0 aliphatic heterocycles. The number of carbonyl (C=O) groups excluding carboxylic acids is 1. The fourth-order valence-electron chi connectivity index (χ4n) is 4.05. The first-order valence-electron chi connectivity index (χ1n) is 13.5. The summed E-state index contributed by atoms with van der Waals surface area (Å²) in [5, 5.41) is 14.8. The first-order chi connectivity index (χ1) is 20.5. The van der Waals surface area contributed by atoms with Crippen molar-refractivity contribution in [2.24, 2.45) is 5.10 Å². The number of nitrogens with one attached hydrogen (secondary N) is 1. The van der Waals surface area contributed by atoms with Crippen molar-refractivity contribution < 1.29 is 22.9 Å². The van der Waals surface area contributed by atoms with Crippen LogP contribution in [0, 0.1) is 17.0 Å². The zero-order chi connectivity index (χ0) is 31.0.